The number of hydrogen-bond acceptors (Lipinski definition) is 9. The van der Waals surface area contributed by atoms with Gasteiger partial charge in [-0.05, 0) is 108 Å². The minimum absolute atomic E-state index is 0.0172. The number of benzene rings is 5. The van der Waals surface area contributed by atoms with Crippen LogP contribution in [0.3, 0.4) is 0 Å². The van der Waals surface area contributed by atoms with Crippen LogP contribution in [0.15, 0.2) is 96.0 Å². The van der Waals surface area contributed by atoms with Crippen molar-refractivity contribution in [3.8, 4) is 17.2 Å². The maximum Gasteiger partial charge on any atom is 0.261 e. The molecular formula is C50H48N4O8. The highest BCUT2D eigenvalue weighted by atomic mass is 16.5. The molecule has 0 saturated carbocycles. The highest BCUT2D eigenvalue weighted by molar-refractivity contribution is 6.15. The molecule has 0 aliphatic carbocycles. The lowest BCUT2D eigenvalue weighted by Gasteiger charge is -2.24. The van der Waals surface area contributed by atoms with E-state index in [1.807, 2.05) is 90.8 Å². The number of nitrogens with zero attached hydrogens (tertiary/aromatic N) is 4. The number of anilines is 3. The van der Waals surface area contributed by atoms with Gasteiger partial charge < -0.3 is 33.5 Å². The Bertz CT molecular complexity index is 2620. The van der Waals surface area contributed by atoms with Crippen molar-refractivity contribution in [3.05, 3.63) is 136 Å². The predicted octanol–water partition coefficient (Wildman–Crippen LogP) is 7.93. The third-order valence-electron chi connectivity index (χ3n) is 12.2. The number of aryl methyl sites for hydroxylation is 2. The highest BCUT2D eigenvalue weighted by Crippen LogP contribution is 2.42. The van der Waals surface area contributed by atoms with Crippen LogP contribution in [0.5, 0.6) is 17.2 Å². The number of fused-ring (bicyclic) bond motifs is 8. The third kappa shape index (κ3) is 7.70. The van der Waals surface area contributed by atoms with Crippen LogP contribution in [0.2, 0.25) is 0 Å². The van der Waals surface area contributed by atoms with Crippen molar-refractivity contribution in [1.29, 1.82) is 0 Å². The number of carbonyl (C=O) groups excluding carboxylic acids is 4. The Kier molecular flexibility index (Phi) is 11.3. The van der Waals surface area contributed by atoms with E-state index >= 15 is 0 Å². The average Bonchev–Trinajstić information content (AvgIpc) is 3.78. The zero-order valence-corrected chi connectivity index (χ0v) is 35.1. The van der Waals surface area contributed by atoms with Gasteiger partial charge in [-0.2, -0.15) is 0 Å². The van der Waals surface area contributed by atoms with E-state index in [9.17, 15) is 19.2 Å². The topological polar surface area (TPSA) is 127 Å². The van der Waals surface area contributed by atoms with Crippen LogP contribution >= 0.6 is 0 Å². The van der Waals surface area contributed by atoms with Gasteiger partial charge in [0.15, 0.2) is 11.5 Å². The molecule has 316 valence electrons. The van der Waals surface area contributed by atoms with Gasteiger partial charge in [0.2, 0.25) is 5.91 Å². The fraction of sp³-hybridized carbons (Fsp3) is 0.300. The van der Waals surface area contributed by atoms with Crippen molar-refractivity contribution in [2.45, 2.75) is 70.7 Å². The number of amides is 3. The number of aliphatic imine (C=N–C) groups is 1. The normalized spacial score (nSPS) is 16.9. The molecule has 4 heterocycles. The third-order valence-corrected chi connectivity index (χ3v) is 12.2. The first-order chi connectivity index (χ1) is 30.2. The molecule has 0 saturated heterocycles. The van der Waals surface area contributed by atoms with Gasteiger partial charge in [-0.15, -0.1) is 0 Å². The molecule has 0 fully saturated rings. The Morgan fingerprint density at radius 1 is 0.790 bits per heavy atom. The molecule has 0 radical (unpaired) electrons. The molecule has 0 bridgehead atoms. The highest BCUT2D eigenvalue weighted by Gasteiger charge is 2.38. The number of carbonyl (C=O) groups is 4. The first-order valence-electron chi connectivity index (χ1n) is 21.1. The van der Waals surface area contributed by atoms with E-state index in [1.54, 1.807) is 29.0 Å². The van der Waals surface area contributed by atoms with Crippen molar-refractivity contribution >= 4 is 53.0 Å². The summed E-state index contributed by atoms with van der Waals surface area (Å²) in [5, 5.41) is 0. The van der Waals surface area contributed by atoms with Gasteiger partial charge >= 0.3 is 0 Å². The van der Waals surface area contributed by atoms with Crippen LogP contribution in [0, 0.1) is 6.92 Å². The summed E-state index contributed by atoms with van der Waals surface area (Å²) in [6.45, 7) is 2.59. The second-order valence-electron chi connectivity index (χ2n) is 16.2. The van der Waals surface area contributed by atoms with Gasteiger partial charge in [-0.1, -0.05) is 36.4 Å². The smallest absolute Gasteiger partial charge is 0.261 e. The summed E-state index contributed by atoms with van der Waals surface area (Å²) in [5.41, 5.74) is 9.65. The SMILES string of the molecule is COCCC(=O)N(CCC=O)c1cc(COc2cc3c(cc2C)C(=O)N2c4ccccc4C[C@H]2CC3)cc(COc2cc3c(cc2OC)C(=O)N2c4ccccc4C[C@H]2C=N3)c1. The predicted molar refractivity (Wildman–Crippen MR) is 237 cm³/mol. The molecule has 3 amide bonds. The van der Waals surface area contributed by atoms with Gasteiger partial charge in [0, 0.05) is 67.4 Å². The molecule has 0 spiro atoms. The maximum atomic E-state index is 14.0. The van der Waals surface area contributed by atoms with Gasteiger partial charge in [-0.25, -0.2) is 0 Å². The van der Waals surface area contributed by atoms with E-state index in [2.05, 4.69) is 6.07 Å². The summed E-state index contributed by atoms with van der Waals surface area (Å²) in [7, 11) is 3.07. The van der Waals surface area contributed by atoms with Crippen molar-refractivity contribution in [3.63, 3.8) is 0 Å². The summed E-state index contributed by atoms with van der Waals surface area (Å²) in [6.07, 6.45) is 6.02. The molecule has 62 heavy (non-hydrogen) atoms. The van der Waals surface area contributed by atoms with E-state index in [4.69, 9.17) is 23.9 Å². The fourth-order valence-electron chi connectivity index (χ4n) is 9.19. The van der Waals surface area contributed by atoms with Crippen LogP contribution < -0.4 is 28.9 Å². The molecule has 2 atom stereocenters. The first kappa shape index (κ1) is 40.6. The zero-order chi connectivity index (χ0) is 42.9. The lowest BCUT2D eigenvalue weighted by Crippen LogP contribution is -2.37. The van der Waals surface area contributed by atoms with E-state index in [1.165, 1.54) is 12.7 Å². The van der Waals surface area contributed by atoms with Gasteiger partial charge in [-0.3, -0.25) is 24.3 Å². The van der Waals surface area contributed by atoms with Crippen molar-refractivity contribution < 1.29 is 38.1 Å². The molecule has 5 aromatic carbocycles. The minimum Gasteiger partial charge on any atom is -0.493 e. The summed E-state index contributed by atoms with van der Waals surface area (Å²) in [5.74, 6) is 1.11. The summed E-state index contributed by atoms with van der Waals surface area (Å²) in [4.78, 5) is 63.2. The standard InChI is InChI=1S/C50H48N4O8/c1-31-19-40-34(13-14-37-23-35-9-4-6-11-43(35)53(37)49(40)57)25-45(31)61-29-32-20-33(22-38(21-32)52(16-8-17-55)48(56)15-18-59-2)30-62-47-27-42-41(26-46(47)60-3)50(58)54-39(28-51-42)24-36-10-5-7-12-44(36)54/h4-7,9-12,17,19-22,25-28,37,39H,8,13-16,18,23-24,29-30H2,1-3H3/t37-,39+/m1/s1. The molecule has 4 aliphatic heterocycles. The van der Waals surface area contributed by atoms with Gasteiger partial charge in [0.05, 0.1) is 37.4 Å². The molecule has 0 N–H and O–H groups in total. The number of para-hydroxylation sites is 2. The summed E-state index contributed by atoms with van der Waals surface area (Å²) < 4.78 is 24.0. The maximum absolute atomic E-state index is 14.0. The second kappa shape index (κ2) is 17.3. The van der Waals surface area contributed by atoms with E-state index < -0.39 is 0 Å². The Labute approximate surface area is 360 Å². The molecule has 12 nitrogen and oxygen atoms in total. The van der Waals surface area contributed by atoms with E-state index in [-0.39, 0.29) is 69.0 Å². The number of aldehydes is 1. The Balaban J connectivity index is 0.994. The molecule has 5 aromatic rings. The molecular weight excluding hydrogens is 785 g/mol. The quantitative estimate of drug-likeness (QED) is 0.103. The summed E-state index contributed by atoms with van der Waals surface area (Å²) >= 11 is 0. The Morgan fingerprint density at radius 2 is 1.48 bits per heavy atom. The number of ether oxygens (including phenoxy) is 4. The molecule has 9 rings (SSSR count). The Morgan fingerprint density at radius 3 is 2.21 bits per heavy atom. The first-order valence-corrected chi connectivity index (χ1v) is 21.1. The molecule has 4 aliphatic rings. The number of rotatable bonds is 14. The monoisotopic (exact) mass is 832 g/mol. The van der Waals surface area contributed by atoms with E-state index in [0.717, 1.165) is 64.7 Å². The van der Waals surface area contributed by atoms with Crippen molar-refractivity contribution in [1.82, 2.24) is 0 Å². The van der Waals surface area contributed by atoms with Crippen LogP contribution in [-0.2, 0) is 46.8 Å². The van der Waals surface area contributed by atoms with Crippen molar-refractivity contribution in [2.75, 3.05) is 42.1 Å². The lowest BCUT2D eigenvalue weighted by molar-refractivity contribution is -0.119. The van der Waals surface area contributed by atoms with Crippen LogP contribution in [0.1, 0.15) is 73.4 Å². The largest absolute Gasteiger partial charge is 0.493 e. The molecule has 0 aromatic heterocycles. The minimum atomic E-state index is -0.201. The van der Waals surface area contributed by atoms with Gasteiger partial charge in [0.25, 0.3) is 11.8 Å². The summed E-state index contributed by atoms with van der Waals surface area (Å²) in [6, 6.07) is 29.0. The van der Waals surface area contributed by atoms with E-state index in [0.29, 0.717) is 46.2 Å². The van der Waals surface area contributed by atoms with Crippen LogP contribution in [0.25, 0.3) is 0 Å². The van der Waals surface area contributed by atoms with Crippen LogP contribution in [0.4, 0.5) is 22.7 Å². The number of hydrogen-bond donors (Lipinski definition) is 0. The molecule has 0 unspecified atom stereocenters. The lowest BCUT2D eigenvalue weighted by atomic mass is 9.98. The van der Waals surface area contributed by atoms with Crippen molar-refractivity contribution in [2.24, 2.45) is 4.99 Å². The zero-order valence-electron chi connectivity index (χ0n) is 35.1. The second-order valence-corrected chi connectivity index (χ2v) is 16.2. The Hall–Kier alpha value is -6.79. The van der Waals surface area contributed by atoms with Crippen LogP contribution in [-0.4, -0.2) is 69.7 Å². The number of methoxy groups -OCH3 is 2. The fourth-order valence-corrected chi connectivity index (χ4v) is 9.19. The molecule has 12 heteroatoms. The average molecular weight is 833 g/mol. The van der Waals surface area contributed by atoms with Gasteiger partial charge in [0.1, 0.15) is 25.2 Å².